The maximum Gasteiger partial charge on any atom is 0.332 e. The van der Waals surface area contributed by atoms with E-state index in [2.05, 4.69) is 25.7 Å². The summed E-state index contributed by atoms with van der Waals surface area (Å²) in [7, 11) is -4.23. The number of carbonyl (C=O) groups is 1. The zero-order valence-corrected chi connectivity index (χ0v) is 10.8. The average Bonchev–Trinajstić information content (AvgIpc) is 2.08. The molecule has 0 amide bonds. The first-order valence-electron chi connectivity index (χ1n) is 5.25. The number of hydrogen-bond donors (Lipinski definition) is 2. The van der Waals surface area contributed by atoms with Crippen LogP contribution in [-0.2, 0) is 9.36 Å². The first-order chi connectivity index (χ1) is 7.22. The lowest BCUT2D eigenvalue weighted by atomic mass is 10.0. The third-order valence-corrected chi connectivity index (χ3v) is 2.68. The molecule has 1 atom stereocenters. The van der Waals surface area contributed by atoms with Crippen molar-refractivity contribution in [3.8, 4) is 11.8 Å². The van der Waals surface area contributed by atoms with Crippen molar-refractivity contribution in [1.82, 2.24) is 0 Å². The van der Waals surface area contributed by atoms with Crippen LogP contribution >= 0.6 is 7.60 Å². The molecule has 0 fully saturated rings. The fourth-order valence-corrected chi connectivity index (χ4v) is 1.69. The van der Waals surface area contributed by atoms with Gasteiger partial charge in [0.2, 0.25) is 0 Å². The van der Waals surface area contributed by atoms with Gasteiger partial charge in [0, 0.05) is 18.8 Å². The third kappa shape index (κ3) is 8.67. The van der Waals surface area contributed by atoms with E-state index in [0.717, 1.165) is 6.42 Å². The minimum Gasteiger partial charge on any atom is -0.324 e. The lowest BCUT2D eigenvalue weighted by molar-refractivity contribution is -0.119. The average molecular weight is 246 g/mol. The minimum absolute atomic E-state index is 0.367. The SMILES string of the molecule is CC(C)CC#CC[C@H](C)C(=O)CP(=O)(O)O. The highest BCUT2D eigenvalue weighted by Crippen LogP contribution is 2.34. The summed E-state index contributed by atoms with van der Waals surface area (Å²) in [5.74, 6) is 5.46. The molecule has 0 aliphatic heterocycles. The van der Waals surface area contributed by atoms with E-state index >= 15 is 0 Å². The maximum absolute atomic E-state index is 11.3. The lowest BCUT2D eigenvalue weighted by Gasteiger charge is -2.07. The van der Waals surface area contributed by atoms with Crippen LogP contribution in [-0.4, -0.2) is 21.7 Å². The Morgan fingerprint density at radius 3 is 2.12 bits per heavy atom. The number of hydrogen-bond acceptors (Lipinski definition) is 2. The monoisotopic (exact) mass is 246 g/mol. The third-order valence-electron chi connectivity index (χ3n) is 1.96. The van der Waals surface area contributed by atoms with E-state index in [1.54, 1.807) is 6.92 Å². The zero-order valence-electron chi connectivity index (χ0n) is 9.93. The summed E-state index contributed by atoms with van der Waals surface area (Å²) in [4.78, 5) is 28.6. The molecule has 0 heterocycles. The van der Waals surface area contributed by atoms with Gasteiger partial charge in [-0.1, -0.05) is 20.8 Å². The zero-order chi connectivity index (χ0) is 12.8. The largest absolute Gasteiger partial charge is 0.332 e. The number of carbonyl (C=O) groups excluding carboxylic acids is 1. The first-order valence-corrected chi connectivity index (χ1v) is 7.05. The standard InChI is InChI=1S/C11H19O4P/c1-9(2)6-4-5-7-10(3)11(12)8-16(13,14)15/h9-10H,6-8H2,1-3H3,(H2,13,14,15)/t10-/m0/s1. The van der Waals surface area contributed by atoms with Crippen LogP contribution in [0.5, 0.6) is 0 Å². The van der Waals surface area contributed by atoms with Crippen molar-refractivity contribution in [3.63, 3.8) is 0 Å². The van der Waals surface area contributed by atoms with Gasteiger partial charge in [-0.05, 0) is 5.92 Å². The van der Waals surface area contributed by atoms with Crippen molar-refractivity contribution in [2.24, 2.45) is 11.8 Å². The predicted molar refractivity (Wildman–Crippen MR) is 62.9 cm³/mol. The van der Waals surface area contributed by atoms with E-state index in [4.69, 9.17) is 9.79 Å². The Morgan fingerprint density at radius 2 is 1.69 bits per heavy atom. The lowest BCUT2D eigenvalue weighted by Crippen LogP contribution is -2.14. The Balaban J connectivity index is 4.05. The second-order valence-corrected chi connectivity index (χ2v) is 5.99. The molecule has 0 spiro atoms. The van der Waals surface area contributed by atoms with Gasteiger partial charge >= 0.3 is 7.60 Å². The summed E-state index contributed by atoms with van der Waals surface area (Å²) in [5.41, 5.74) is 0. The summed E-state index contributed by atoms with van der Waals surface area (Å²) in [6, 6.07) is 0. The molecule has 0 bridgehead atoms. The van der Waals surface area contributed by atoms with Crippen LogP contribution in [0.1, 0.15) is 33.6 Å². The van der Waals surface area contributed by atoms with E-state index in [-0.39, 0.29) is 0 Å². The fraction of sp³-hybridized carbons (Fsp3) is 0.727. The summed E-state index contributed by atoms with van der Waals surface area (Å²) in [5, 5.41) is 0. The van der Waals surface area contributed by atoms with Gasteiger partial charge in [0.05, 0.1) is 0 Å². The number of rotatable bonds is 5. The molecule has 0 rings (SSSR count). The molecule has 0 aliphatic rings. The highest BCUT2D eigenvalue weighted by Gasteiger charge is 2.22. The van der Waals surface area contributed by atoms with E-state index < -0.39 is 25.5 Å². The van der Waals surface area contributed by atoms with E-state index in [1.807, 2.05) is 0 Å². The van der Waals surface area contributed by atoms with Crippen molar-refractivity contribution in [2.75, 3.05) is 6.16 Å². The maximum atomic E-state index is 11.3. The van der Waals surface area contributed by atoms with Crippen LogP contribution in [0, 0.1) is 23.7 Å². The van der Waals surface area contributed by atoms with Gasteiger partial charge in [0.15, 0.2) is 0 Å². The molecule has 0 saturated carbocycles. The molecule has 0 aliphatic carbocycles. The van der Waals surface area contributed by atoms with Gasteiger partial charge in [-0.3, -0.25) is 9.36 Å². The van der Waals surface area contributed by atoms with Crippen LogP contribution < -0.4 is 0 Å². The molecule has 16 heavy (non-hydrogen) atoms. The van der Waals surface area contributed by atoms with Gasteiger partial charge in [-0.15, -0.1) is 11.8 Å². The summed E-state index contributed by atoms with van der Waals surface area (Å²) in [6.07, 6.45) is 0.463. The highest BCUT2D eigenvalue weighted by molar-refractivity contribution is 7.52. The van der Waals surface area contributed by atoms with Crippen LogP contribution in [0.4, 0.5) is 0 Å². The molecule has 0 unspecified atom stereocenters. The van der Waals surface area contributed by atoms with Crippen molar-refractivity contribution >= 4 is 13.4 Å². The summed E-state index contributed by atoms with van der Waals surface area (Å²) < 4.78 is 10.6. The normalized spacial score (nSPS) is 13.1. The van der Waals surface area contributed by atoms with Gasteiger partial charge in [-0.2, -0.15) is 0 Å². The Bertz CT molecular complexity index is 332. The summed E-state index contributed by atoms with van der Waals surface area (Å²) >= 11 is 0. The van der Waals surface area contributed by atoms with E-state index in [9.17, 15) is 9.36 Å². The van der Waals surface area contributed by atoms with Crippen molar-refractivity contribution in [3.05, 3.63) is 0 Å². The van der Waals surface area contributed by atoms with Crippen LogP contribution in [0.2, 0.25) is 0 Å². The second-order valence-electron chi connectivity index (χ2n) is 4.35. The molecule has 0 aromatic rings. The molecule has 92 valence electrons. The Morgan fingerprint density at radius 1 is 1.19 bits per heavy atom. The van der Waals surface area contributed by atoms with E-state index in [0.29, 0.717) is 12.3 Å². The van der Waals surface area contributed by atoms with Gasteiger partial charge < -0.3 is 9.79 Å². The molecule has 0 aromatic carbocycles. The Kier molecular flexibility index (Phi) is 6.59. The van der Waals surface area contributed by atoms with Gasteiger partial charge in [-0.25, -0.2) is 0 Å². The highest BCUT2D eigenvalue weighted by atomic mass is 31.2. The molecular formula is C11H19O4P. The molecular weight excluding hydrogens is 227 g/mol. The smallest absolute Gasteiger partial charge is 0.324 e. The second kappa shape index (κ2) is 6.85. The quantitative estimate of drug-likeness (QED) is 0.573. The fourth-order valence-electron chi connectivity index (χ4n) is 0.974. The molecule has 0 radical (unpaired) electrons. The van der Waals surface area contributed by atoms with E-state index in [1.165, 1.54) is 0 Å². The van der Waals surface area contributed by atoms with Crippen LogP contribution in [0.15, 0.2) is 0 Å². The molecule has 0 aromatic heterocycles. The first kappa shape index (κ1) is 15.4. The van der Waals surface area contributed by atoms with Gasteiger partial charge in [0.1, 0.15) is 11.9 Å². The summed E-state index contributed by atoms with van der Waals surface area (Å²) in [6.45, 7) is 5.75. The van der Waals surface area contributed by atoms with Gasteiger partial charge in [0.25, 0.3) is 0 Å². The number of Topliss-reactive ketones (excluding diaryl/α,β-unsaturated/α-hetero) is 1. The van der Waals surface area contributed by atoms with Crippen molar-refractivity contribution < 1.29 is 19.1 Å². The minimum atomic E-state index is -4.23. The molecule has 0 saturated heterocycles. The topological polar surface area (TPSA) is 74.6 Å². The molecule has 2 N–H and O–H groups in total. The number of ketones is 1. The Labute approximate surface area is 96.6 Å². The van der Waals surface area contributed by atoms with Crippen molar-refractivity contribution in [2.45, 2.75) is 33.6 Å². The predicted octanol–water partition coefficient (Wildman–Crippen LogP) is 1.81. The Hall–Kier alpha value is -0.620. The molecule has 5 heteroatoms. The van der Waals surface area contributed by atoms with Crippen molar-refractivity contribution in [1.29, 1.82) is 0 Å². The van der Waals surface area contributed by atoms with Crippen LogP contribution in [0.25, 0.3) is 0 Å². The van der Waals surface area contributed by atoms with Crippen LogP contribution in [0.3, 0.4) is 0 Å². The molecule has 4 nitrogen and oxygen atoms in total.